The summed E-state index contributed by atoms with van der Waals surface area (Å²) in [6, 6.07) is 11.1. The molecule has 1 aromatic carbocycles. The van der Waals surface area contributed by atoms with Crippen LogP contribution in [0.3, 0.4) is 0 Å². The predicted molar refractivity (Wildman–Crippen MR) is 93.1 cm³/mol. The quantitative estimate of drug-likeness (QED) is 0.507. The fraction of sp³-hybridized carbons (Fsp3) is 0.235. The van der Waals surface area contributed by atoms with Crippen LogP contribution in [0.2, 0.25) is 0 Å². The molecule has 27 heavy (non-hydrogen) atoms. The molecule has 0 aliphatic heterocycles. The van der Waals surface area contributed by atoms with Gasteiger partial charge in [0.1, 0.15) is 11.6 Å². The third-order valence-corrected chi connectivity index (χ3v) is 3.63. The van der Waals surface area contributed by atoms with Gasteiger partial charge in [0.2, 0.25) is 0 Å². The number of guanidine groups is 1. The van der Waals surface area contributed by atoms with Crippen molar-refractivity contribution >= 4 is 11.6 Å². The van der Waals surface area contributed by atoms with E-state index in [1.165, 1.54) is 24.3 Å². The molecule has 0 saturated carbocycles. The third-order valence-electron chi connectivity index (χ3n) is 3.63. The molecule has 0 spiro atoms. The zero-order valence-electron chi connectivity index (χ0n) is 14.1. The Balaban J connectivity index is 1.48. The molecule has 0 amide bonds. The van der Waals surface area contributed by atoms with Gasteiger partial charge in [-0.25, -0.2) is 4.99 Å². The van der Waals surface area contributed by atoms with Crippen molar-refractivity contribution < 1.29 is 17.9 Å². The van der Waals surface area contributed by atoms with Crippen molar-refractivity contribution in [3.8, 4) is 5.75 Å². The molecule has 3 aromatic rings. The fourth-order valence-electron chi connectivity index (χ4n) is 2.39. The summed E-state index contributed by atoms with van der Waals surface area (Å²) in [4.78, 5) is 4.16. The average Bonchev–Trinajstić information content (AvgIpc) is 3.03. The molecule has 2 heterocycles. The van der Waals surface area contributed by atoms with Crippen LogP contribution in [0, 0.1) is 0 Å². The molecule has 142 valence electrons. The molecule has 7 nitrogen and oxygen atoms in total. The van der Waals surface area contributed by atoms with Crippen LogP contribution in [0.1, 0.15) is 11.4 Å². The third kappa shape index (κ3) is 5.33. The van der Waals surface area contributed by atoms with E-state index in [0.717, 1.165) is 11.5 Å². The highest BCUT2D eigenvalue weighted by Crippen LogP contribution is 2.22. The number of hydrogen-bond donors (Lipinski definition) is 2. The molecule has 0 atom stereocenters. The maximum Gasteiger partial charge on any atom is 0.573 e. The summed E-state index contributed by atoms with van der Waals surface area (Å²) in [7, 11) is 0. The number of pyridine rings is 1. The molecule has 0 aliphatic rings. The van der Waals surface area contributed by atoms with E-state index >= 15 is 0 Å². The highest BCUT2D eigenvalue weighted by molar-refractivity contribution is 5.77. The molecule has 0 aliphatic carbocycles. The lowest BCUT2D eigenvalue weighted by Crippen LogP contribution is -2.33. The number of aromatic nitrogens is 3. The molecule has 0 saturated heterocycles. The number of benzene rings is 1. The number of rotatable bonds is 6. The number of nitrogens with two attached hydrogens (primary N) is 1. The normalized spacial score (nSPS) is 12.3. The predicted octanol–water partition coefficient (Wildman–Crippen LogP) is 2.27. The molecular weight excluding hydrogens is 361 g/mol. The van der Waals surface area contributed by atoms with Crippen molar-refractivity contribution in [2.75, 3.05) is 6.54 Å². The second kappa shape index (κ2) is 7.94. The van der Waals surface area contributed by atoms with Crippen LogP contribution in [-0.4, -0.2) is 33.5 Å². The number of nitrogens with one attached hydrogen (secondary N) is 1. The van der Waals surface area contributed by atoms with Crippen LogP contribution in [0.25, 0.3) is 5.65 Å². The van der Waals surface area contributed by atoms with E-state index in [2.05, 4.69) is 25.2 Å². The van der Waals surface area contributed by atoms with Crippen LogP contribution >= 0.6 is 0 Å². The van der Waals surface area contributed by atoms with Crippen LogP contribution < -0.4 is 15.8 Å². The maximum atomic E-state index is 12.1. The van der Waals surface area contributed by atoms with Crippen LogP contribution in [-0.2, 0) is 13.0 Å². The van der Waals surface area contributed by atoms with Gasteiger partial charge in [0.25, 0.3) is 0 Å². The first-order chi connectivity index (χ1) is 12.9. The first-order valence-electron chi connectivity index (χ1n) is 8.08. The topological polar surface area (TPSA) is 89.8 Å². The van der Waals surface area contributed by atoms with E-state index in [9.17, 15) is 13.2 Å². The lowest BCUT2D eigenvalue weighted by atomic mass is 10.2. The molecule has 3 N–H and O–H groups in total. The second-order valence-electron chi connectivity index (χ2n) is 5.62. The summed E-state index contributed by atoms with van der Waals surface area (Å²) < 4.78 is 42.1. The average molecular weight is 378 g/mol. The zero-order chi connectivity index (χ0) is 19.3. The first kappa shape index (κ1) is 18.5. The Hall–Kier alpha value is -3.30. The largest absolute Gasteiger partial charge is 0.573 e. The molecule has 0 fully saturated rings. The fourth-order valence-corrected chi connectivity index (χ4v) is 2.39. The number of fused-ring (bicyclic) bond motifs is 1. The van der Waals surface area contributed by atoms with E-state index in [-0.39, 0.29) is 18.3 Å². The smallest absolute Gasteiger partial charge is 0.406 e. The number of alkyl halides is 3. The second-order valence-corrected chi connectivity index (χ2v) is 5.62. The van der Waals surface area contributed by atoms with E-state index in [0.29, 0.717) is 18.5 Å². The minimum absolute atomic E-state index is 0.235. The maximum absolute atomic E-state index is 12.1. The highest BCUT2D eigenvalue weighted by Gasteiger charge is 2.30. The minimum Gasteiger partial charge on any atom is -0.406 e. The van der Waals surface area contributed by atoms with Crippen molar-refractivity contribution in [2.24, 2.45) is 10.7 Å². The summed E-state index contributed by atoms with van der Waals surface area (Å²) in [6.45, 7) is 0.752. The van der Waals surface area contributed by atoms with E-state index in [1.54, 1.807) is 0 Å². The van der Waals surface area contributed by atoms with Gasteiger partial charge >= 0.3 is 6.36 Å². The summed E-state index contributed by atoms with van der Waals surface area (Å²) in [5, 5.41) is 11.2. The summed E-state index contributed by atoms with van der Waals surface area (Å²) in [6.07, 6.45) is -2.22. The first-order valence-corrected chi connectivity index (χ1v) is 8.08. The Kier molecular flexibility index (Phi) is 5.43. The Morgan fingerprint density at radius 1 is 1.15 bits per heavy atom. The van der Waals surface area contributed by atoms with E-state index in [1.807, 2.05) is 28.8 Å². The Morgan fingerprint density at radius 2 is 1.93 bits per heavy atom. The lowest BCUT2D eigenvalue weighted by molar-refractivity contribution is -0.274. The Bertz CT molecular complexity index is 920. The van der Waals surface area contributed by atoms with Gasteiger partial charge < -0.3 is 15.8 Å². The zero-order valence-corrected chi connectivity index (χ0v) is 14.1. The number of aliphatic imine (C=N–C) groups is 1. The SMILES string of the molecule is NC(=NCc1ccc(OC(F)(F)F)cc1)NCCc1nnc2ccccn12. The van der Waals surface area contributed by atoms with Gasteiger partial charge in [-0.1, -0.05) is 18.2 Å². The summed E-state index contributed by atoms with van der Waals surface area (Å²) in [5.41, 5.74) is 7.29. The minimum atomic E-state index is -4.70. The molecule has 0 radical (unpaired) electrons. The van der Waals surface area contributed by atoms with E-state index in [4.69, 9.17) is 5.73 Å². The molecule has 10 heteroatoms. The number of nitrogens with zero attached hydrogens (tertiary/aromatic N) is 4. The van der Waals surface area contributed by atoms with Crippen molar-refractivity contribution in [3.05, 3.63) is 60.0 Å². The standard InChI is InChI=1S/C17H17F3N6O/c18-17(19,20)27-13-6-4-12(5-7-13)11-23-16(21)22-9-8-15-25-24-14-3-1-2-10-26(14)15/h1-7,10H,8-9,11H2,(H3,21,22,23). The molecular formula is C17H17F3N6O. The highest BCUT2D eigenvalue weighted by atomic mass is 19.4. The Morgan fingerprint density at radius 3 is 2.67 bits per heavy atom. The van der Waals surface area contributed by atoms with Crippen molar-refractivity contribution in [2.45, 2.75) is 19.3 Å². The number of hydrogen-bond acceptors (Lipinski definition) is 4. The summed E-state index contributed by atoms with van der Waals surface area (Å²) in [5.74, 6) is 0.757. The van der Waals surface area contributed by atoms with Gasteiger partial charge in [-0.2, -0.15) is 0 Å². The monoisotopic (exact) mass is 378 g/mol. The Labute approximate surface area is 152 Å². The summed E-state index contributed by atoms with van der Waals surface area (Å²) >= 11 is 0. The molecule has 0 unspecified atom stereocenters. The van der Waals surface area contributed by atoms with Crippen molar-refractivity contribution in [1.82, 2.24) is 19.9 Å². The van der Waals surface area contributed by atoms with Gasteiger partial charge in [0.05, 0.1) is 6.54 Å². The van der Waals surface area contributed by atoms with E-state index < -0.39 is 6.36 Å². The van der Waals surface area contributed by atoms with Gasteiger partial charge in [-0.05, 0) is 29.8 Å². The number of ether oxygens (including phenoxy) is 1. The molecule has 2 aromatic heterocycles. The number of halogens is 3. The van der Waals surface area contributed by atoms with Crippen molar-refractivity contribution in [1.29, 1.82) is 0 Å². The van der Waals surface area contributed by atoms with Gasteiger partial charge in [-0.15, -0.1) is 23.4 Å². The molecule has 3 rings (SSSR count). The van der Waals surface area contributed by atoms with Gasteiger partial charge in [0.15, 0.2) is 11.6 Å². The van der Waals surface area contributed by atoms with Gasteiger partial charge in [0, 0.05) is 19.2 Å². The van der Waals surface area contributed by atoms with Crippen molar-refractivity contribution in [3.63, 3.8) is 0 Å². The van der Waals surface area contributed by atoms with Crippen LogP contribution in [0.5, 0.6) is 5.75 Å². The van der Waals surface area contributed by atoms with Gasteiger partial charge in [-0.3, -0.25) is 4.40 Å². The molecule has 0 bridgehead atoms. The van der Waals surface area contributed by atoms with Crippen LogP contribution in [0.15, 0.2) is 53.7 Å². The van der Waals surface area contributed by atoms with Crippen LogP contribution in [0.4, 0.5) is 13.2 Å². The lowest BCUT2D eigenvalue weighted by Gasteiger charge is -2.09.